The third kappa shape index (κ3) is 4.20. The first-order chi connectivity index (χ1) is 11.3. The van der Waals surface area contributed by atoms with Gasteiger partial charge in [-0.05, 0) is 31.5 Å². The number of rotatable bonds is 7. The molecule has 1 atom stereocenters. The Morgan fingerprint density at radius 3 is 2.71 bits per heavy atom. The summed E-state index contributed by atoms with van der Waals surface area (Å²) in [6.45, 7) is 3.73. The Morgan fingerprint density at radius 2 is 2.08 bits per heavy atom. The largest absolute Gasteiger partial charge is 0.279 e. The summed E-state index contributed by atoms with van der Waals surface area (Å²) in [5, 5.41) is 13.1. The smallest absolute Gasteiger partial charge is 0.240 e. The Kier molecular flexibility index (Phi) is 5.72. The van der Waals surface area contributed by atoms with E-state index in [2.05, 4.69) is 9.82 Å². The van der Waals surface area contributed by atoms with Gasteiger partial charge in [-0.3, -0.25) is 0 Å². The standard InChI is InChI=1S/C16H21N5O2S/c1-13-9-11-21(19-13)16-7-5-4-6-15(16)12-18-24(22,23)20(3)14(2)8-10-17/h4-7,9,11,14,18H,8,12H2,1-3H3/t14-/m0/s1. The minimum Gasteiger partial charge on any atom is -0.240 e. The topological polar surface area (TPSA) is 91.0 Å². The molecule has 1 aromatic carbocycles. The molecule has 0 radical (unpaired) electrons. The number of hydrogen-bond donors (Lipinski definition) is 1. The number of nitrogens with zero attached hydrogens (tertiary/aromatic N) is 4. The molecule has 1 aromatic heterocycles. The van der Waals surface area contributed by atoms with Crippen LogP contribution in [0.1, 0.15) is 24.6 Å². The molecule has 0 aliphatic heterocycles. The molecule has 0 amide bonds. The Bertz CT molecular complexity index is 838. The maximum atomic E-state index is 12.4. The Hall–Kier alpha value is -2.21. The Morgan fingerprint density at radius 1 is 1.38 bits per heavy atom. The van der Waals surface area contributed by atoms with Crippen LogP contribution >= 0.6 is 0 Å². The van der Waals surface area contributed by atoms with Crippen molar-refractivity contribution >= 4 is 10.2 Å². The monoisotopic (exact) mass is 347 g/mol. The first kappa shape index (κ1) is 18.1. The molecule has 7 nitrogen and oxygen atoms in total. The Labute approximate surface area is 142 Å². The molecule has 0 aliphatic rings. The maximum absolute atomic E-state index is 12.4. The van der Waals surface area contributed by atoms with Crippen molar-refractivity contribution in [1.29, 1.82) is 5.26 Å². The number of para-hydroxylation sites is 1. The average molecular weight is 347 g/mol. The number of hydrogen-bond acceptors (Lipinski definition) is 4. The van der Waals surface area contributed by atoms with Gasteiger partial charge in [0.25, 0.3) is 10.2 Å². The normalized spacial score (nSPS) is 13.0. The highest BCUT2D eigenvalue weighted by molar-refractivity contribution is 7.87. The molecule has 0 spiro atoms. The first-order valence-electron chi connectivity index (χ1n) is 7.55. The van der Waals surface area contributed by atoms with Crippen LogP contribution in [0.5, 0.6) is 0 Å². The molecule has 2 rings (SSSR count). The van der Waals surface area contributed by atoms with E-state index in [1.54, 1.807) is 11.6 Å². The number of nitriles is 1. The molecule has 24 heavy (non-hydrogen) atoms. The fourth-order valence-electron chi connectivity index (χ4n) is 2.20. The molecule has 0 fully saturated rings. The summed E-state index contributed by atoms with van der Waals surface area (Å²) in [5.41, 5.74) is 2.52. The van der Waals surface area contributed by atoms with E-state index in [9.17, 15) is 8.42 Å². The molecule has 0 saturated heterocycles. The zero-order chi connectivity index (χ0) is 17.7. The van der Waals surface area contributed by atoms with Crippen LogP contribution in [0.25, 0.3) is 5.69 Å². The van der Waals surface area contributed by atoms with E-state index in [4.69, 9.17) is 5.26 Å². The van der Waals surface area contributed by atoms with Gasteiger partial charge in [0.2, 0.25) is 0 Å². The van der Waals surface area contributed by atoms with Crippen molar-refractivity contribution in [3.63, 3.8) is 0 Å². The maximum Gasteiger partial charge on any atom is 0.279 e. The van der Waals surface area contributed by atoms with Crippen LogP contribution in [0.15, 0.2) is 36.5 Å². The minimum absolute atomic E-state index is 0.139. The van der Waals surface area contributed by atoms with Gasteiger partial charge in [0.15, 0.2) is 0 Å². The highest BCUT2D eigenvalue weighted by atomic mass is 32.2. The van der Waals surface area contributed by atoms with Crippen molar-refractivity contribution in [2.45, 2.75) is 32.9 Å². The van der Waals surface area contributed by atoms with E-state index in [1.165, 1.54) is 11.4 Å². The second-order valence-corrected chi connectivity index (χ2v) is 7.40. The number of aryl methyl sites for hydroxylation is 1. The average Bonchev–Trinajstić information content (AvgIpc) is 2.99. The zero-order valence-electron chi connectivity index (χ0n) is 14.0. The van der Waals surface area contributed by atoms with E-state index >= 15 is 0 Å². The van der Waals surface area contributed by atoms with Crippen LogP contribution in [-0.4, -0.2) is 35.6 Å². The van der Waals surface area contributed by atoms with Gasteiger partial charge in [0.05, 0.1) is 23.9 Å². The fourth-order valence-corrected chi connectivity index (χ4v) is 3.29. The lowest BCUT2D eigenvalue weighted by Gasteiger charge is -2.22. The van der Waals surface area contributed by atoms with Crippen molar-refractivity contribution in [3.05, 3.63) is 47.8 Å². The molecular formula is C16H21N5O2S. The highest BCUT2D eigenvalue weighted by Crippen LogP contribution is 2.15. The van der Waals surface area contributed by atoms with Gasteiger partial charge in [0.1, 0.15) is 0 Å². The van der Waals surface area contributed by atoms with Crippen LogP contribution in [0.2, 0.25) is 0 Å². The first-order valence-corrected chi connectivity index (χ1v) is 8.99. The third-order valence-electron chi connectivity index (χ3n) is 3.79. The summed E-state index contributed by atoms with van der Waals surface area (Å²) in [6.07, 6.45) is 1.98. The number of nitrogens with one attached hydrogen (secondary N) is 1. The second kappa shape index (κ2) is 7.57. The van der Waals surface area contributed by atoms with Crippen LogP contribution in [0.4, 0.5) is 0 Å². The molecule has 0 aliphatic carbocycles. The van der Waals surface area contributed by atoms with Gasteiger partial charge in [-0.25, -0.2) is 4.68 Å². The van der Waals surface area contributed by atoms with Crippen LogP contribution in [0, 0.1) is 18.3 Å². The fraction of sp³-hybridized carbons (Fsp3) is 0.375. The lowest BCUT2D eigenvalue weighted by atomic mass is 10.2. The number of benzene rings is 1. The molecule has 0 bridgehead atoms. The van der Waals surface area contributed by atoms with E-state index in [1.807, 2.05) is 49.5 Å². The predicted octanol–water partition coefficient (Wildman–Crippen LogP) is 1.75. The molecule has 0 saturated carbocycles. The minimum atomic E-state index is -3.67. The molecule has 1 N–H and O–H groups in total. The molecule has 128 valence electrons. The lowest BCUT2D eigenvalue weighted by molar-refractivity contribution is 0.386. The third-order valence-corrected chi connectivity index (χ3v) is 5.42. The van der Waals surface area contributed by atoms with Crippen molar-refractivity contribution in [3.8, 4) is 11.8 Å². The summed E-state index contributed by atoms with van der Waals surface area (Å²) in [6, 6.07) is 11.0. The SMILES string of the molecule is Cc1ccn(-c2ccccc2CNS(=O)(=O)N(C)[C@@H](C)CC#N)n1. The Balaban J connectivity index is 2.17. The van der Waals surface area contributed by atoms with Gasteiger partial charge in [0, 0.05) is 25.8 Å². The van der Waals surface area contributed by atoms with Crippen molar-refractivity contribution < 1.29 is 8.42 Å². The lowest BCUT2D eigenvalue weighted by Crippen LogP contribution is -2.42. The molecule has 0 unspecified atom stereocenters. The summed E-state index contributed by atoms with van der Waals surface area (Å²) < 4.78 is 30.2. The second-order valence-electron chi connectivity index (χ2n) is 5.58. The predicted molar refractivity (Wildman–Crippen MR) is 91.5 cm³/mol. The van der Waals surface area contributed by atoms with E-state index in [0.29, 0.717) is 0 Å². The summed E-state index contributed by atoms with van der Waals surface area (Å²) in [5.74, 6) is 0. The van der Waals surface area contributed by atoms with Gasteiger partial charge in [-0.2, -0.15) is 27.8 Å². The van der Waals surface area contributed by atoms with E-state index in [0.717, 1.165) is 16.9 Å². The molecule has 8 heteroatoms. The van der Waals surface area contributed by atoms with Crippen LogP contribution in [0.3, 0.4) is 0 Å². The van der Waals surface area contributed by atoms with E-state index in [-0.39, 0.29) is 13.0 Å². The molecule has 1 heterocycles. The van der Waals surface area contributed by atoms with Crippen molar-refractivity contribution in [2.75, 3.05) is 7.05 Å². The van der Waals surface area contributed by atoms with Crippen LogP contribution in [-0.2, 0) is 16.8 Å². The quantitative estimate of drug-likeness (QED) is 0.826. The van der Waals surface area contributed by atoms with Gasteiger partial charge in [-0.1, -0.05) is 18.2 Å². The van der Waals surface area contributed by atoms with Gasteiger partial charge >= 0.3 is 0 Å². The zero-order valence-corrected chi connectivity index (χ0v) is 14.8. The van der Waals surface area contributed by atoms with Crippen molar-refractivity contribution in [2.24, 2.45) is 0 Å². The number of aromatic nitrogens is 2. The highest BCUT2D eigenvalue weighted by Gasteiger charge is 2.23. The van der Waals surface area contributed by atoms with Crippen LogP contribution < -0.4 is 4.72 Å². The summed E-state index contributed by atoms with van der Waals surface area (Å²) >= 11 is 0. The van der Waals surface area contributed by atoms with Gasteiger partial charge < -0.3 is 0 Å². The van der Waals surface area contributed by atoms with Gasteiger partial charge in [-0.15, -0.1) is 0 Å². The van der Waals surface area contributed by atoms with E-state index < -0.39 is 16.3 Å². The van der Waals surface area contributed by atoms with Crippen molar-refractivity contribution in [1.82, 2.24) is 18.8 Å². The summed E-state index contributed by atoms with van der Waals surface area (Å²) in [7, 11) is -2.21. The molecular weight excluding hydrogens is 326 g/mol. The summed E-state index contributed by atoms with van der Waals surface area (Å²) in [4.78, 5) is 0. The molecule has 2 aromatic rings.